The van der Waals surface area contributed by atoms with Crippen LogP contribution >= 0.6 is 0 Å². The van der Waals surface area contributed by atoms with Gasteiger partial charge in [0.1, 0.15) is 0 Å². The van der Waals surface area contributed by atoms with Crippen LogP contribution in [0.2, 0.25) is 0 Å². The fourth-order valence-electron chi connectivity index (χ4n) is 8.18. The van der Waals surface area contributed by atoms with Crippen LogP contribution in [-0.2, 0) is 0 Å². The van der Waals surface area contributed by atoms with Crippen molar-refractivity contribution in [2.24, 2.45) is 5.92 Å². The smallest absolute Gasteiger partial charge is 0.00586 e. The SMILES string of the molecule is CC1=c2c(C)c(C)c3c(C)c4c(C)c(C)c(C)c(C)c4c4c3c2C(CC1)C1CCCCC=41. The van der Waals surface area contributed by atoms with E-state index in [1.165, 1.54) is 71.9 Å². The van der Waals surface area contributed by atoms with E-state index in [0.29, 0.717) is 0 Å². The van der Waals surface area contributed by atoms with E-state index in [0.717, 1.165) is 11.8 Å². The van der Waals surface area contributed by atoms with Gasteiger partial charge in [-0.25, -0.2) is 0 Å². The van der Waals surface area contributed by atoms with Gasteiger partial charge in [0.05, 0.1) is 0 Å². The van der Waals surface area contributed by atoms with Gasteiger partial charge in [-0.15, -0.1) is 0 Å². The fourth-order valence-corrected chi connectivity index (χ4v) is 8.18. The molecule has 0 aliphatic heterocycles. The topological polar surface area (TPSA) is 0 Å². The molecule has 0 N–H and O–H groups in total. The van der Waals surface area contributed by atoms with Crippen molar-refractivity contribution in [3.05, 3.63) is 54.9 Å². The van der Waals surface area contributed by atoms with Crippen LogP contribution in [0.25, 0.3) is 32.7 Å². The predicted molar refractivity (Wildman–Crippen MR) is 140 cm³/mol. The Kier molecular flexibility index (Phi) is 4.31. The number of hydrogen-bond donors (Lipinski definition) is 0. The van der Waals surface area contributed by atoms with E-state index in [4.69, 9.17) is 0 Å². The van der Waals surface area contributed by atoms with Crippen molar-refractivity contribution in [2.45, 2.75) is 99.8 Å². The zero-order valence-corrected chi connectivity index (χ0v) is 21.4. The van der Waals surface area contributed by atoms with Crippen LogP contribution in [0.15, 0.2) is 0 Å². The number of hydrogen-bond acceptors (Lipinski definition) is 0. The molecule has 3 aliphatic rings. The van der Waals surface area contributed by atoms with Crippen molar-refractivity contribution in [1.29, 1.82) is 0 Å². The molecule has 32 heavy (non-hydrogen) atoms. The standard InChI is InChI=1S/C32H38/c1-15-13-14-25-23-11-9-10-12-24(23)31-29-19(5)17(3)16(2)18(4)27(29)22(8)28-21(7)20(6)26(15)30(25)32(28)31/h23,25H,9-14H2,1-8H3. The summed E-state index contributed by atoms with van der Waals surface area (Å²) in [6.07, 6.45) is 8.12. The molecule has 0 radical (unpaired) electrons. The second kappa shape index (κ2) is 6.72. The van der Waals surface area contributed by atoms with Crippen molar-refractivity contribution in [1.82, 2.24) is 0 Å². The Hall–Kier alpha value is -2.08. The zero-order valence-electron chi connectivity index (χ0n) is 21.4. The predicted octanol–water partition coefficient (Wildman–Crippen LogP) is 7.55. The highest BCUT2D eigenvalue weighted by molar-refractivity contribution is 6.10. The molecule has 3 aromatic carbocycles. The molecule has 2 atom stereocenters. The molecule has 1 fully saturated rings. The molecule has 0 saturated heterocycles. The highest BCUT2D eigenvalue weighted by Crippen LogP contribution is 2.50. The summed E-state index contributed by atoms with van der Waals surface area (Å²) in [6.45, 7) is 19.1. The first kappa shape index (κ1) is 20.5. The summed E-state index contributed by atoms with van der Waals surface area (Å²) in [5, 5.41) is 9.74. The van der Waals surface area contributed by atoms with E-state index < -0.39 is 0 Å². The highest BCUT2D eigenvalue weighted by atomic mass is 14.4. The Labute approximate surface area is 193 Å². The number of rotatable bonds is 0. The van der Waals surface area contributed by atoms with E-state index in [-0.39, 0.29) is 0 Å². The second-order valence-electron chi connectivity index (χ2n) is 11.3. The van der Waals surface area contributed by atoms with Gasteiger partial charge in [0.25, 0.3) is 0 Å². The lowest BCUT2D eigenvalue weighted by atomic mass is 9.63. The molecule has 0 nitrogen and oxygen atoms in total. The monoisotopic (exact) mass is 422 g/mol. The molecule has 2 unspecified atom stereocenters. The molecule has 0 amide bonds. The second-order valence-corrected chi connectivity index (χ2v) is 11.3. The molecule has 0 heterocycles. The number of fused-ring (bicyclic) bond motifs is 4. The molecule has 3 aliphatic carbocycles. The minimum absolute atomic E-state index is 0.739. The molecular formula is C32H38. The maximum atomic E-state index is 2.42. The molecule has 0 spiro atoms. The Bertz CT molecular complexity index is 1490. The van der Waals surface area contributed by atoms with Crippen molar-refractivity contribution in [2.75, 3.05) is 0 Å². The minimum atomic E-state index is 0.739. The van der Waals surface area contributed by atoms with E-state index in [9.17, 15) is 0 Å². The molecule has 0 aromatic heterocycles. The lowest BCUT2D eigenvalue weighted by Crippen LogP contribution is -2.37. The largest absolute Gasteiger partial charge is 0.0655 e. The summed E-state index contributed by atoms with van der Waals surface area (Å²) in [4.78, 5) is 0. The van der Waals surface area contributed by atoms with E-state index in [1.807, 2.05) is 5.57 Å². The first-order valence-corrected chi connectivity index (χ1v) is 12.9. The van der Waals surface area contributed by atoms with Crippen LogP contribution < -0.4 is 10.4 Å². The molecule has 0 heteroatoms. The average Bonchev–Trinajstić information content (AvgIpc) is 2.79. The molecular weight excluding hydrogens is 384 g/mol. The quantitative estimate of drug-likeness (QED) is 0.328. The van der Waals surface area contributed by atoms with Crippen LogP contribution in [0.1, 0.15) is 95.9 Å². The maximum absolute atomic E-state index is 2.42. The van der Waals surface area contributed by atoms with Gasteiger partial charge in [-0.3, -0.25) is 0 Å². The molecule has 1 saturated carbocycles. The van der Waals surface area contributed by atoms with Crippen LogP contribution in [-0.4, -0.2) is 0 Å². The van der Waals surface area contributed by atoms with E-state index in [2.05, 4.69) is 55.4 Å². The van der Waals surface area contributed by atoms with Gasteiger partial charge >= 0.3 is 0 Å². The fraction of sp³-hybridized carbons (Fsp3) is 0.500. The number of benzene rings is 3. The van der Waals surface area contributed by atoms with E-state index >= 15 is 0 Å². The third-order valence-corrected chi connectivity index (χ3v) is 10.1. The van der Waals surface area contributed by atoms with Gasteiger partial charge in [-0.2, -0.15) is 0 Å². The van der Waals surface area contributed by atoms with Gasteiger partial charge in [-0.1, -0.05) is 17.6 Å². The van der Waals surface area contributed by atoms with Crippen LogP contribution in [0.3, 0.4) is 0 Å². The van der Waals surface area contributed by atoms with Crippen molar-refractivity contribution in [3.8, 4) is 0 Å². The van der Waals surface area contributed by atoms with Gasteiger partial charge in [0.2, 0.25) is 0 Å². The molecule has 6 rings (SSSR count). The van der Waals surface area contributed by atoms with Crippen LogP contribution in [0, 0.1) is 54.4 Å². The third kappa shape index (κ3) is 2.29. The van der Waals surface area contributed by atoms with E-state index in [1.54, 1.807) is 48.7 Å². The zero-order chi connectivity index (χ0) is 22.6. The summed E-state index contributed by atoms with van der Waals surface area (Å²) in [6, 6.07) is 0. The maximum Gasteiger partial charge on any atom is -0.00586 e. The summed E-state index contributed by atoms with van der Waals surface area (Å²) in [5.74, 6) is 1.50. The first-order valence-electron chi connectivity index (χ1n) is 12.9. The summed E-state index contributed by atoms with van der Waals surface area (Å²) in [5.41, 5.74) is 15.8. The Morgan fingerprint density at radius 3 is 1.81 bits per heavy atom. The lowest BCUT2D eigenvalue weighted by molar-refractivity contribution is 0.403. The third-order valence-electron chi connectivity index (χ3n) is 10.1. The van der Waals surface area contributed by atoms with Gasteiger partial charge in [-0.05, 0) is 176 Å². The van der Waals surface area contributed by atoms with Gasteiger partial charge < -0.3 is 0 Å². The first-order chi connectivity index (χ1) is 15.3. The van der Waals surface area contributed by atoms with Crippen molar-refractivity contribution in [3.63, 3.8) is 0 Å². The van der Waals surface area contributed by atoms with Gasteiger partial charge in [0.15, 0.2) is 0 Å². The molecule has 0 bridgehead atoms. The van der Waals surface area contributed by atoms with Crippen LogP contribution in [0.5, 0.6) is 0 Å². The van der Waals surface area contributed by atoms with Gasteiger partial charge in [0, 0.05) is 0 Å². The summed E-state index contributed by atoms with van der Waals surface area (Å²) >= 11 is 0. The summed E-state index contributed by atoms with van der Waals surface area (Å²) in [7, 11) is 0. The number of aryl methyl sites for hydroxylation is 4. The average molecular weight is 423 g/mol. The van der Waals surface area contributed by atoms with Crippen molar-refractivity contribution >= 4 is 32.7 Å². The summed E-state index contributed by atoms with van der Waals surface area (Å²) < 4.78 is 0. The minimum Gasteiger partial charge on any atom is -0.0655 e. The molecule has 166 valence electrons. The molecule has 3 aromatic rings. The Morgan fingerprint density at radius 2 is 1.09 bits per heavy atom. The lowest BCUT2D eigenvalue weighted by Gasteiger charge is -2.41. The Balaban J connectivity index is 2.07. The van der Waals surface area contributed by atoms with Crippen LogP contribution in [0.4, 0.5) is 0 Å². The Morgan fingerprint density at radius 1 is 0.469 bits per heavy atom. The highest BCUT2D eigenvalue weighted by Gasteiger charge is 2.38. The normalized spacial score (nSPS) is 22.1. The van der Waals surface area contributed by atoms with Crippen molar-refractivity contribution < 1.29 is 0 Å².